The Balaban J connectivity index is 1.92. The predicted octanol–water partition coefficient (Wildman–Crippen LogP) is 3.47. The number of amides is 2. The van der Waals surface area contributed by atoms with Crippen LogP contribution in [-0.4, -0.2) is 63.7 Å². The van der Waals surface area contributed by atoms with Crippen molar-refractivity contribution in [3.63, 3.8) is 0 Å². The number of anilines is 1. The van der Waals surface area contributed by atoms with Crippen molar-refractivity contribution >= 4 is 50.7 Å². The van der Waals surface area contributed by atoms with E-state index in [1.54, 1.807) is 37.3 Å². The number of carbonyl (C=O) groups excluding carboxylic acids is 2. The van der Waals surface area contributed by atoms with Crippen LogP contribution in [0, 0.1) is 0 Å². The fourth-order valence-electron chi connectivity index (χ4n) is 3.61. The summed E-state index contributed by atoms with van der Waals surface area (Å²) >= 11 is 12.2. The molecule has 196 valence electrons. The molecular weight excluding hydrogens is 529 g/mol. The van der Waals surface area contributed by atoms with Crippen LogP contribution >= 0.6 is 23.2 Å². The maximum Gasteiger partial charge on any atom is 0.244 e. The van der Waals surface area contributed by atoms with Crippen molar-refractivity contribution in [3.8, 4) is 11.5 Å². The van der Waals surface area contributed by atoms with Crippen LogP contribution in [0.2, 0.25) is 10.0 Å². The van der Waals surface area contributed by atoms with E-state index in [0.29, 0.717) is 46.9 Å². The first-order chi connectivity index (χ1) is 17.0. The molecule has 0 saturated carbocycles. The number of carbonyl (C=O) groups is 2. The van der Waals surface area contributed by atoms with Crippen molar-refractivity contribution in [3.05, 3.63) is 52.0 Å². The van der Waals surface area contributed by atoms with E-state index in [4.69, 9.17) is 32.7 Å². The molecule has 3 rings (SSSR count). The number of halogens is 2. The Morgan fingerprint density at radius 3 is 2.39 bits per heavy atom. The number of hydrogen-bond donors (Lipinski definition) is 1. The summed E-state index contributed by atoms with van der Waals surface area (Å²) in [6.45, 7) is 4.18. The summed E-state index contributed by atoms with van der Waals surface area (Å²) in [5, 5.41) is 3.44. The summed E-state index contributed by atoms with van der Waals surface area (Å²) in [5.41, 5.74) is 0.880. The molecule has 1 atom stereocenters. The molecule has 0 fully saturated rings. The number of nitrogens with one attached hydrogen (secondary N) is 1. The van der Waals surface area contributed by atoms with Crippen molar-refractivity contribution in [2.45, 2.75) is 32.9 Å². The number of benzene rings is 2. The average molecular weight is 558 g/mol. The van der Waals surface area contributed by atoms with Crippen LogP contribution in [-0.2, 0) is 26.2 Å². The zero-order chi connectivity index (χ0) is 26.5. The van der Waals surface area contributed by atoms with Gasteiger partial charge in [-0.25, -0.2) is 8.42 Å². The zero-order valence-corrected chi connectivity index (χ0v) is 22.6. The highest BCUT2D eigenvalue weighted by molar-refractivity contribution is 7.92. The summed E-state index contributed by atoms with van der Waals surface area (Å²) in [7, 11) is -3.87. The molecule has 1 N–H and O–H groups in total. The van der Waals surface area contributed by atoms with Gasteiger partial charge in [0, 0.05) is 19.2 Å². The molecule has 9 nitrogen and oxygen atoms in total. The summed E-state index contributed by atoms with van der Waals surface area (Å²) in [6, 6.07) is 8.69. The minimum absolute atomic E-state index is 0.0230. The smallest absolute Gasteiger partial charge is 0.244 e. The van der Waals surface area contributed by atoms with Crippen LogP contribution in [0.3, 0.4) is 0 Å². The third-order valence-corrected chi connectivity index (χ3v) is 7.43. The van der Waals surface area contributed by atoms with Crippen molar-refractivity contribution in [2.75, 3.05) is 36.9 Å². The predicted molar refractivity (Wildman–Crippen MR) is 139 cm³/mol. The van der Waals surface area contributed by atoms with E-state index in [1.807, 2.05) is 6.92 Å². The van der Waals surface area contributed by atoms with Gasteiger partial charge < -0.3 is 19.7 Å². The highest BCUT2D eigenvalue weighted by Gasteiger charge is 2.30. The van der Waals surface area contributed by atoms with Crippen LogP contribution in [0.1, 0.15) is 25.8 Å². The first kappa shape index (κ1) is 27.9. The Bertz CT molecular complexity index is 1220. The van der Waals surface area contributed by atoms with Gasteiger partial charge in [0.25, 0.3) is 0 Å². The molecule has 0 unspecified atom stereocenters. The summed E-state index contributed by atoms with van der Waals surface area (Å²) in [4.78, 5) is 27.6. The van der Waals surface area contributed by atoms with E-state index in [-0.39, 0.29) is 18.1 Å². The van der Waals surface area contributed by atoms with Crippen molar-refractivity contribution in [1.82, 2.24) is 10.2 Å². The number of fused-ring (bicyclic) bond motifs is 1. The van der Waals surface area contributed by atoms with Crippen LogP contribution in [0.5, 0.6) is 11.5 Å². The minimum atomic E-state index is -3.87. The Morgan fingerprint density at radius 1 is 1.06 bits per heavy atom. The van der Waals surface area contributed by atoms with Gasteiger partial charge in [0.05, 0.1) is 22.0 Å². The molecule has 0 aliphatic carbocycles. The average Bonchev–Trinajstić information content (AvgIpc) is 2.84. The van der Waals surface area contributed by atoms with Gasteiger partial charge in [0.15, 0.2) is 11.5 Å². The molecule has 2 aromatic carbocycles. The summed E-state index contributed by atoms with van der Waals surface area (Å²) in [6.07, 6.45) is 1.74. The molecule has 0 saturated heterocycles. The second-order valence-corrected chi connectivity index (χ2v) is 11.1. The topological polar surface area (TPSA) is 105 Å². The lowest BCUT2D eigenvalue weighted by Crippen LogP contribution is -2.51. The van der Waals surface area contributed by atoms with Crippen LogP contribution in [0.15, 0.2) is 36.4 Å². The molecule has 0 aromatic heterocycles. The molecule has 0 radical (unpaired) electrons. The third-order valence-electron chi connectivity index (χ3n) is 5.55. The van der Waals surface area contributed by atoms with E-state index in [0.717, 1.165) is 17.0 Å². The highest BCUT2D eigenvalue weighted by atomic mass is 35.5. The lowest BCUT2D eigenvalue weighted by Gasteiger charge is -2.32. The molecule has 12 heteroatoms. The second-order valence-electron chi connectivity index (χ2n) is 8.33. The molecule has 36 heavy (non-hydrogen) atoms. The Morgan fingerprint density at radius 2 is 1.75 bits per heavy atom. The van der Waals surface area contributed by atoms with Gasteiger partial charge in [-0.05, 0) is 43.2 Å². The normalized spacial score (nSPS) is 13.6. The fraction of sp³-hybridized carbons (Fsp3) is 0.417. The monoisotopic (exact) mass is 557 g/mol. The van der Waals surface area contributed by atoms with Gasteiger partial charge in [-0.1, -0.05) is 36.2 Å². The van der Waals surface area contributed by atoms with Crippen LogP contribution in [0.25, 0.3) is 0 Å². The molecule has 1 heterocycles. The van der Waals surface area contributed by atoms with Crippen molar-refractivity contribution in [2.24, 2.45) is 0 Å². The number of ether oxygens (including phenoxy) is 2. The van der Waals surface area contributed by atoms with Gasteiger partial charge in [0.2, 0.25) is 21.8 Å². The lowest BCUT2D eigenvalue weighted by molar-refractivity contribution is -0.139. The highest BCUT2D eigenvalue weighted by Crippen LogP contribution is 2.34. The van der Waals surface area contributed by atoms with Crippen LogP contribution in [0.4, 0.5) is 5.69 Å². The quantitative estimate of drug-likeness (QED) is 0.479. The first-order valence-electron chi connectivity index (χ1n) is 11.4. The molecule has 1 aliphatic rings. The maximum atomic E-state index is 13.6. The van der Waals surface area contributed by atoms with E-state index in [1.165, 1.54) is 11.0 Å². The van der Waals surface area contributed by atoms with Crippen LogP contribution < -0.4 is 19.1 Å². The second kappa shape index (κ2) is 12.0. The van der Waals surface area contributed by atoms with Gasteiger partial charge in [0.1, 0.15) is 25.8 Å². The van der Waals surface area contributed by atoms with Crippen molar-refractivity contribution < 1.29 is 27.5 Å². The van der Waals surface area contributed by atoms with Gasteiger partial charge in [-0.3, -0.25) is 13.9 Å². The molecule has 2 amide bonds. The van der Waals surface area contributed by atoms with E-state index < -0.39 is 28.5 Å². The standard InChI is InChI=1S/C24H29Cl2N3O6S/c1-4-9-27-24(31)16(2)28(14-17-5-7-19(25)20(26)12-17)23(30)15-29(36(3,32)33)18-6-8-21-22(13-18)35-11-10-34-21/h5-8,12-13,16H,4,9-11,14-15H2,1-3H3,(H,27,31)/t16-/m1/s1. The lowest BCUT2D eigenvalue weighted by atomic mass is 10.1. The van der Waals surface area contributed by atoms with Gasteiger partial charge in [-0.15, -0.1) is 0 Å². The summed E-state index contributed by atoms with van der Waals surface area (Å²) < 4.78 is 37.5. The molecule has 1 aliphatic heterocycles. The molecule has 2 aromatic rings. The minimum Gasteiger partial charge on any atom is -0.486 e. The van der Waals surface area contributed by atoms with E-state index >= 15 is 0 Å². The largest absolute Gasteiger partial charge is 0.486 e. The van der Waals surface area contributed by atoms with Gasteiger partial charge >= 0.3 is 0 Å². The summed E-state index contributed by atoms with van der Waals surface area (Å²) in [5.74, 6) is -0.0388. The number of hydrogen-bond acceptors (Lipinski definition) is 6. The Hall–Kier alpha value is -2.69. The third kappa shape index (κ3) is 6.96. The maximum absolute atomic E-state index is 13.6. The van der Waals surface area contributed by atoms with E-state index in [2.05, 4.69) is 5.32 Å². The Labute approximate surface area is 221 Å². The molecular formula is C24H29Cl2N3O6S. The Kier molecular flexibility index (Phi) is 9.32. The molecule has 0 bridgehead atoms. The van der Waals surface area contributed by atoms with E-state index in [9.17, 15) is 18.0 Å². The van der Waals surface area contributed by atoms with Crippen molar-refractivity contribution in [1.29, 1.82) is 0 Å². The SMILES string of the molecule is CCCNC(=O)[C@@H](C)N(Cc1ccc(Cl)c(Cl)c1)C(=O)CN(c1ccc2c(c1)OCCO2)S(C)(=O)=O. The first-order valence-corrected chi connectivity index (χ1v) is 14.0. The zero-order valence-electron chi connectivity index (χ0n) is 20.3. The fourth-order valence-corrected chi connectivity index (χ4v) is 4.78. The molecule has 0 spiro atoms. The number of sulfonamides is 1. The van der Waals surface area contributed by atoms with Gasteiger partial charge in [-0.2, -0.15) is 0 Å². The number of rotatable bonds is 10. The number of nitrogens with zero attached hydrogens (tertiary/aromatic N) is 2.